The number of carbonyl (C=O) groups excluding carboxylic acids is 1. The minimum absolute atomic E-state index is 0.289. The van der Waals surface area contributed by atoms with E-state index in [1.54, 1.807) is 11.3 Å². The second kappa shape index (κ2) is 6.37. The molecule has 0 radical (unpaired) electrons. The van der Waals surface area contributed by atoms with Crippen molar-refractivity contribution in [1.29, 1.82) is 0 Å². The molecule has 3 nitrogen and oxygen atoms in total. The van der Waals surface area contributed by atoms with E-state index in [9.17, 15) is 4.79 Å². The summed E-state index contributed by atoms with van der Waals surface area (Å²) in [6.07, 6.45) is 5.57. The van der Waals surface area contributed by atoms with E-state index in [2.05, 4.69) is 16.7 Å². The Morgan fingerprint density at radius 3 is 2.50 bits per heavy atom. The molecule has 1 aliphatic heterocycles. The first kappa shape index (κ1) is 14.2. The van der Waals surface area contributed by atoms with Crippen LogP contribution in [0.5, 0.6) is 0 Å². The number of hydrogen-bond donors (Lipinski definition) is 0. The van der Waals surface area contributed by atoms with Crippen LogP contribution >= 0.6 is 11.3 Å². The molecule has 110 valence electrons. The standard InChI is InChI=1S/C16H24N2OS/c1-13-6-7-16(20-13)15(19)12-17-8-10-18(11-9-17)14-4-2-3-5-14/h6-7,14H,2-5,8-12H2,1H3. The molecule has 0 bridgehead atoms. The van der Waals surface area contributed by atoms with Gasteiger partial charge in [-0.2, -0.15) is 0 Å². The molecule has 0 atom stereocenters. The van der Waals surface area contributed by atoms with Crippen LogP contribution in [0.2, 0.25) is 0 Å². The first-order valence-electron chi connectivity index (χ1n) is 7.78. The van der Waals surface area contributed by atoms with Crippen LogP contribution in [-0.2, 0) is 0 Å². The van der Waals surface area contributed by atoms with Crippen molar-refractivity contribution in [3.63, 3.8) is 0 Å². The lowest BCUT2D eigenvalue weighted by atomic mass is 10.1. The van der Waals surface area contributed by atoms with E-state index in [0.717, 1.165) is 37.1 Å². The second-order valence-corrected chi connectivity index (χ2v) is 7.37. The molecule has 0 N–H and O–H groups in total. The topological polar surface area (TPSA) is 23.6 Å². The lowest BCUT2D eigenvalue weighted by molar-refractivity contribution is 0.0778. The molecule has 2 aliphatic rings. The number of Topliss-reactive ketones (excluding diaryl/α,β-unsaturated/α-hetero) is 1. The van der Waals surface area contributed by atoms with Gasteiger partial charge < -0.3 is 0 Å². The van der Waals surface area contributed by atoms with Gasteiger partial charge in [0.2, 0.25) is 0 Å². The van der Waals surface area contributed by atoms with Gasteiger partial charge in [0.1, 0.15) is 0 Å². The Bertz CT molecular complexity index is 457. The maximum Gasteiger partial charge on any atom is 0.186 e. The van der Waals surface area contributed by atoms with Gasteiger partial charge in [-0.25, -0.2) is 0 Å². The van der Waals surface area contributed by atoms with Crippen LogP contribution in [0.25, 0.3) is 0 Å². The number of ketones is 1. The molecule has 4 heteroatoms. The predicted molar refractivity (Wildman–Crippen MR) is 83.7 cm³/mol. The van der Waals surface area contributed by atoms with Gasteiger partial charge in [0.25, 0.3) is 0 Å². The Balaban J connectivity index is 1.47. The van der Waals surface area contributed by atoms with Gasteiger partial charge in [0, 0.05) is 37.1 Å². The molecule has 1 aromatic heterocycles. The Morgan fingerprint density at radius 1 is 1.20 bits per heavy atom. The Labute approximate surface area is 125 Å². The van der Waals surface area contributed by atoms with Crippen molar-refractivity contribution in [2.45, 2.75) is 38.6 Å². The number of thiophene rings is 1. The summed E-state index contributed by atoms with van der Waals surface area (Å²) in [5.74, 6) is 0.289. The highest BCUT2D eigenvalue weighted by Gasteiger charge is 2.26. The highest BCUT2D eigenvalue weighted by atomic mass is 32.1. The van der Waals surface area contributed by atoms with Crippen molar-refractivity contribution < 1.29 is 4.79 Å². The normalized spacial score (nSPS) is 22.4. The number of hydrogen-bond acceptors (Lipinski definition) is 4. The van der Waals surface area contributed by atoms with Crippen LogP contribution < -0.4 is 0 Å². The van der Waals surface area contributed by atoms with E-state index >= 15 is 0 Å². The maximum atomic E-state index is 12.2. The number of piperazine rings is 1. The van der Waals surface area contributed by atoms with E-state index in [1.165, 1.54) is 30.6 Å². The largest absolute Gasteiger partial charge is 0.298 e. The van der Waals surface area contributed by atoms with Crippen molar-refractivity contribution in [2.24, 2.45) is 0 Å². The van der Waals surface area contributed by atoms with Crippen LogP contribution in [0.3, 0.4) is 0 Å². The summed E-state index contributed by atoms with van der Waals surface area (Å²) >= 11 is 1.62. The number of carbonyl (C=O) groups is 1. The number of aryl methyl sites for hydroxylation is 1. The van der Waals surface area contributed by atoms with E-state index < -0.39 is 0 Å². The fraction of sp³-hybridized carbons (Fsp3) is 0.688. The fourth-order valence-electron chi connectivity index (χ4n) is 3.42. The van der Waals surface area contributed by atoms with E-state index in [-0.39, 0.29) is 5.78 Å². The summed E-state index contributed by atoms with van der Waals surface area (Å²) in [5, 5.41) is 0. The summed E-state index contributed by atoms with van der Waals surface area (Å²) in [7, 11) is 0. The average Bonchev–Trinajstić information content (AvgIpc) is 3.10. The summed E-state index contributed by atoms with van der Waals surface area (Å²) in [5.41, 5.74) is 0. The molecule has 0 aromatic carbocycles. The first-order valence-corrected chi connectivity index (χ1v) is 8.60. The van der Waals surface area contributed by atoms with Crippen LogP contribution in [0, 0.1) is 6.92 Å². The van der Waals surface area contributed by atoms with Gasteiger partial charge in [-0.1, -0.05) is 12.8 Å². The van der Waals surface area contributed by atoms with Crippen molar-refractivity contribution >= 4 is 17.1 Å². The second-order valence-electron chi connectivity index (χ2n) is 6.08. The van der Waals surface area contributed by atoms with Gasteiger partial charge in [0.15, 0.2) is 5.78 Å². The Morgan fingerprint density at radius 2 is 1.90 bits per heavy atom. The molecule has 1 saturated heterocycles. The monoisotopic (exact) mass is 292 g/mol. The van der Waals surface area contributed by atoms with Crippen molar-refractivity contribution in [3.8, 4) is 0 Å². The van der Waals surface area contributed by atoms with Gasteiger partial charge >= 0.3 is 0 Å². The molecule has 0 amide bonds. The summed E-state index contributed by atoms with van der Waals surface area (Å²) in [6, 6.07) is 4.83. The lowest BCUT2D eigenvalue weighted by Gasteiger charge is -2.37. The molecular weight excluding hydrogens is 268 g/mol. The highest BCUT2D eigenvalue weighted by molar-refractivity contribution is 7.14. The lowest BCUT2D eigenvalue weighted by Crippen LogP contribution is -2.50. The molecule has 1 aliphatic carbocycles. The minimum atomic E-state index is 0.289. The highest BCUT2D eigenvalue weighted by Crippen LogP contribution is 2.24. The quantitative estimate of drug-likeness (QED) is 0.797. The molecule has 2 heterocycles. The maximum absolute atomic E-state index is 12.2. The Hall–Kier alpha value is -0.710. The van der Waals surface area contributed by atoms with E-state index in [1.807, 2.05) is 12.1 Å². The minimum Gasteiger partial charge on any atom is -0.298 e. The first-order chi connectivity index (χ1) is 9.72. The third kappa shape index (κ3) is 3.30. The van der Waals surface area contributed by atoms with Crippen LogP contribution in [-0.4, -0.2) is 54.3 Å². The third-order valence-corrected chi connectivity index (χ3v) is 5.67. The molecule has 1 saturated carbocycles. The van der Waals surface area contributed by atoms with Gasteiger partial charge in [-0.05, 0) is 31.9 Å². The van der Waals surface area contributed by atoms with E-state index in [0.29, 0.717) is 6.54 Å². The summed E-state index contributed by atoms with van der Waals surface area (Å²) in [6.45, 7) is 7.03. The molecular formula is C16H24N2OS. The smallest absolute Gasteiger partial charge is 0.186 e. The van der Waals surface area contributed by atoms with E-state index in [4.69, 9.17) is 0 Å². The van der Waals surface area contributed by atoms with Crippen LogP contribution in [0.4, 0.5) is 0 Å². The summed E-state index contributed by atoms with van der Waals surface area (Å²) in [4.78, 5) is 19.3. The zero-order chi connectivity index (χ0) is 13.9. The molecule has 3 rings (SSSR count). The van der Waals surface area contributed by atoms with Crippen molar-refractivity contribution in [1.82, 2.24) is 9.80 Å². The summed E-state index contributed by atoms with van der Waals surface area (Å²) < 4.78 is 0. The molecule has 0 spiro atoms. The number of rotatable bonds is 4. The van der Waals surface area contributed by atoms with Gasteiger partial charge in [0.05, 0.1) is 11.4 Å². The predicted octanol–water partition coefficient (Wildman–Crippen LogP) is 2.80. The molecule has 1 aromatic rings. The zero-order valence-corrected chi connectivity index (χ0v) is 13.1. The third-order valence-electron chi connectivity index (χ3n) is 4.63. The zero-order valence-electron chi connectivity index (χ0n) is 12.3. The van der Waals surface area contributed by atoms with Crippen LogP contribution in [0.1, 0.15) is 40.2 Å². The van der Waals surface area contributed by atoms with Crippen molar-refractivity contribution in [2.75, 3.05) is 32.7 Å². The fourth-order valence-corrected chi connectivity index (χ4v) is 4.22. The average molecular weight is 292 g/mol. The number of nitrogens with zero attached hydrogens (tertiary/aromatic N) is 2. The Kier molecular flexibility index (Phi) is 4.54. The van der Waals surface area contributed by atoms with Crippen LogP contribution in [0.15, 0.2) is 12.1 Å². The van der Waals surface area contributed by atoms with Gasteiger partial charge in [-0.3, -0.25) is 14.6 Å². The molecule has 2 fully saturated rings. The van der Waals surface area contributed by atoms with Crippen molar-refractivity contribution in [3.05, 3.63) is 21.9 Å². The SMILES string of the molecule is Cc1ccc(C(=O)CN2CCN(C3CCCC3)CC2)s1. The molecule has 20 heavy (non-hydrogen) atoms. The molecule has 0 unspecified atom stereocenters. The van der Waals surface area contributed by atoms with Gasteiger partial charge in [-0.15, -0.1) is 11.3 Å².